The van der Waals surface area contributed by atoms with Crippen molar-refractivity contribution in [3.8, 4) is 0 Å². The van der Waals surface area contributed by atoms with Gasteiger partial charge >= 0.3 is 0 Å². The molecule has 0 aromatic heterocycles. The van der Waals surface area contributed by atoms with Gasteiger partial charge in [0.2, 0.25) is 5.91 Å². The van der Waals surface area contributed by atoms with E-state index in [2.05, 4.69) is 10.4 Å². The monoisotopic (exact) mass is 367 g/mol. The SMILES string of the molecule is CC(=O)c1cccc(NC(=O)C2=NN(Cc3ccc(F)cc3)C(=O)CC2)c1. The minimum atomic E-state index is -0.424. The standard InChI is InChI=1S/C20H18FN3O3/c1-13(25)15-3-2-4-17(11-15)22-20(27)18-9-10-19(26)24(23-18)12-14-5-7-16(21)8-6-14/h2-8,11H,9-10,12H2,1H3,(H,22,27). The summed E-state index contributed by atoms with van der Waals surface area (Å²) in [5.41, 5.74) is 1.91. The Hall–Kier alpha value is -3.35. The number of halogens is 1. The van der Waals surface area contributed by atoms with Gasteiger partial charge in [-0.1, -0.05) is 24.3 Å². The molecule has 1 aliphatic rings. The Morgan fingerprint density at radius 3 is 2.59 bits per heavy atom. The molecule has 0 atom stereocenters. The summed E-state index contributed by atoms with van der Waals surface area (Å²) in [5.74, 6) is -1.08. The molecule has 27 heavy (non-hydrogen) atoms. The summed E-state index contributed by atoms with van der Waals surface area (Å²) < 4.78 is 13.0. The van der Waals surface area contributed by atoms with E-state index in [4.69, 9.17) is 0 Å². The number of anilines is 1. The summed E-state index contributed by atoms with van der Waals surface area (Å²) in [5, 5.41) is 8.09. The van der Waals surface area contributed by atoms with Gasteiger partial charge in [0.1, 0.15) is 11.5 Å². The maximum absolute atomic E-state index is 13.0. The second-order valence-electron chi connectivity index (χ2n) is 6.22. The minimum Gasteiger partial charge on any atom is -0.321 e. The van der Waals surface area contributed by atoms with Gasteiger partial charge in [-0.25, -0.2) is 9.40 Å². The van der Waals surface area contributed by atoms with Gasteiger partial charge in [-0.2, -0.15) is 5.10 Å². The molecule has 6 nitrogen and oxygen atoms in total. The first-order valence-corrected chi connectivity index (χ1v) is 8.47. The molecular weight excluding hydrogens is 349 g/mol. The molecule has 0 aliphatic carbocycles. The van der Waals surface area contributed by atoms with Gasteiger partial charge in [-0.05, 0) is 36.8 Å². The molecule has 0 saturated carbocycles. The van der Waals surface area contributed by atoms with E-state index in [0.717, 1.165) is 0 Å². The lowest BCUT2D eigenvalue weighted by Crippen LogP contribution is -2.36. The lowest BCUT2D eigenvalue weighted by molar-refractivity contribution is -0.132. The van der Waals surface area contributed by atoms with E-state index in [1.54, 1.807) is 36.4 Å². The second-order valence-corrected chi connectivity index (χ2v) is 6.22. The van der Waals surface area contributed by atoms with Crippen LogP contribution < -0.4 is 5.32 Å². The Bertz CT molecular complexity index is 922. The van der Waals surface area contributed by atoms with Gasteiger partial charge in [0.25, 0.3) is 5.91 Å². The normalized spacial score (nSPS) is 13.9. The molecule has 2 aromatic carbocycles. The molecule has 0 bridgehead atoms. The molecule has 2 amide bonds. The highest BCUT2D eigenvalue weighted by molar-refractivity contribution is 6.43. The summed E-state index contributed by atoms with van der Waals surface area (Å²) in [7, 11) is 0. The van der Waals surface area contributed by atoms with Crippen molar-refractivity contribution in [3.63, 3.8) is 0 Å². The number of rotatable bonds is 5. The molecule has 2 aromatic rings. The number of ketones is 1. The van der Waals surface area contributed by atoms with E-state index < -0.39 is 5.91 Å². The average molecular weight is 367 g/mol. The topological polar surface area (TPSA) is 78.8 Å². The highest BCUT2D eigenvalue weighted by Gasteiger charge is 2.24. The van der Waals surface area contributed by atoms with E-state index in [0.29, 0.717) is 16.8 Å². The van der Waals surface area contributed by atoms with Crippen molar-refractivity contribution in [3.05, 3.63) is 65.5 Å². The molecule has 0 radical (unpaired) electrons. The summed E-state index contributed by atoms with van der Waals surface area (Å²) in [6.07, 6.45) is 0.401. The van der Waals surface area contributed by atoms with Crippen molar-refractivity contribution >= 4 is 29.0 Å². The van der Waals surface area contributed by atoms with E-state index in [9.17, 15) is 18.8 Å². The van der Waals surface area contributed by atoms with Crippen LogP contribution in [0.2, 0.25) is 0 Å². The van der Waals surface area contributed by atoms with Crippen LogP contribution in [-0.4, -0.2) is 28.3 Å². The van der Waals surface area contributed by atoms with Crippen molar-refractivity contribution in [2.45, 2.75) is 26.3 Å². The molecule has 0 saturated heterocycles. The van der Waals surface area contributed by atoms with Crippen LogP contribution in [0.3, 0.4) is 0 Å². The molecule has 138 valence electrons. The molecule has 0 spiro atoms. The van der Waals surface area contributed by atoms with E-state index >= 15 is 0 Å². The highest BCUT2D eigenvalue weighted by atomic mass is 19.1. The Labute approximate surface area is 155 Å². The zero-order valence-electron chi connectivity index (χ0n) is 14.7. The molecule has 0 fully saturated rings. The molecule has 7 heteroatoms. The average Bonchev–Trinajstić information content (AvgIpc) is 2.65. The summed E-state index contributed by atoms with van der Waals surface area (Å²) >= 11 is 0. The Morgan fingerprint density at radius 2 is 1.89 bits per heavy atom. The van der Waals surface area contributed by atoms with Crippen LogP contribution in [0.15, 0.2) is 53.6 Å². The van der Waals surface area contributed by atoms with Crippen LogP contribution in [-0.2, 0) is 16.1 Å². The van der Waals surface area contributed by atoms with Crippen LogP contribution in [0.1, 0.15) is 35.7 Å². The lowest BCUT2D eigenvalue weighted by atomic mass is 10.1. The number of benzene rings is 2. The zero-order valence-corrected chi connectivity index (χ0v) is 14.7. The van der Waals surface area contributed by atoms with Crippen LogP contribution in [0, 0.1) is 5.82 Å². The first-order valence-electron chi connectivity index (χ1n) is 8.47. The fraction of sp³-hybridized carbons (Fsp3) is 0.200. The quantitative estimate of drug-likeness (QED) is 0.825. The highest BCUT2D eigenvalue weighted by Crippen LogP contribution is 2.16. The first-order chi connectivity index (χ1) is 12.9. The van der Waals surface area contributed by atoms with Crippen molar-refractivity contribution in [1.82, 2.24) is 5.01 Å². The van der Waals surface area contributed by atoms with Gasteiger partial charge in [0.05, 0.1) is 6.54 Å². The van der Waals surface area contributed by atoms with Crippen LogP contribution in [0.4, 0.5) is 10.1 Å². The Kier molecular flexibility index (Phi) is 5.40. The Morgan fingerprint density at radius 1 is 1.15 bits per heavy atom. The van der Waals surface area contributed by atoms with E-state index in [1.807, 2.05) is 0 Å². The molecule has 1 aliphatic heterocycles. The number of hydrazone groups is 1. The molecular formula is C20H18FN3O3. The number of amides is 2. The smallest absolute Gasteiger partial charge is 0.271 e. The third-order valence-electron chi connectivity index (χ3n) is 4.14. The molecule has 1 N–H and O–H groups in total. The lowest BCUT2D eigenvalue weighted by Gasteiger charge is -2.23. The van der Waals surface area contributed by atoms with Gasteiger partial charge in [0, 0.05) is 24.1 Å². The number of carbonyl (C=O) groups is 3. The van der Waals surface area contributed by atoms with E-state index in [-0.39, 0.29) is 42.6 Å². The third-order valence-corrected chi connectivity index (χ3v) is 4.14. The summed E-state index contributed by atoms with van der Waals surface area (Å²) in [4.78, 5) is 36.0. The summed E-state index contributed by atoms with van der Waals surface area (Å²) in [6, 6.07) is 12.4. The third kappa shape index (κ3) is 4.63. The maximum Gasteiger partial charge on any atom is 0.271 e. The zero-order chi connectivity index (χ0) is 19.4. The maximum atomic E-state index is 13.0. The van der Waals surface area contributed by atoms with Crippen molar-refractivity contribution in [1.29, 1.82) is 0 Å². The first kappa shape index (κ1) is 18.4. The van der Waals surface area contributed by atoms with E-state index in [1.165, 1.54) is 24.1 Å². The van der Waals surface area contributed by atoms with Crippen LogP contribution in [0.5, 0.6) is 0 Å². The number of nitrogens with zero attached hydrogens (tertiary/aromatic N) is 2. The number of carbonyl (C=O) groups excluding carboxylic acids is 3. The number of Topliss-reactive ketones (excluding diaryl/α,β-unsaturated/α-hetero) is 1. The van der Waals surface area contributed by atoms with Gasteiger partial charge < -0.3 is 5.32 Å². The van der Waals surface area contributed by atoms with Crippen molar-refractivity contribution < 1.29 is 18.8 Å². The predicted molar refractivity (Wildman–Crippen MR) is 98.7 cm³/mol. The van der Waals surface area contributed by atoms with Crippen LogP contribution >= 0.6 is 0 Å². The molecule has 3 rings (SSSR count). The fourth-order valence-electron chi connectivity index (χ4n) is 2.67. The van der Waals surface area contributed by atoms with Crippen molar-refractivity contribution in [2.75, 3.05) is 5.32 Å². The number of hydrogen-bond donors (Lipinski definition) is 1. The molecule has 1 heterocycles. The van der Waals surface area contributed by atoms with Gasteiger partial charge in [0.15, 0.2) is 5.78 Å². The van der Waals surface area contributed by atoms with Crippen molar-refractivity contribution in [2.24, 2.45) is 5.10 Å². The largest absolute Gasteiger partial charge is 0.321 e. The van der Waals surface area contributed by atoms with Gasteiger partial charge in [-0.3, -0.25) is 14.4 Å². The number of hydrogen-bond acceptors (Lipinski definition) is 4. The Balaban J connectivity index is 1.73. The fourth-order valence-corrected chi connectivity index (χ4v) is 2.67. The number of nitrogens with one attached hydrogen (secondary N) is 1. The minimum absolute atomic E-state index is 0.0998. The van der Waals surface area contributed by atoms with Crippen LogP contribution in [0.25, 0.3) is 0 Å². The van der Waals surface area contributed by atoms with Gasteiger partial charge in [-0.15, -0.1) is 0 Å². The second kappa shape index (κ2) is 7.90. The molecule has 0 unspecified atom stereocenters. The predicted octanol–water partition coefficient (Wildman–Crippen LogP) is 3.15. The summed E-state index contributed by atoms with van der Waals surface area (Å²) in [6.45, 7) is 1.61.